The molecule has 0 saturated carbocycles. The molecule has 3 rings (SSSR count). The molecular formula is C34H46O5SiW. The van der Waals surface area contributed by atoms with Gasteiger partial charge in [-0.3, -0.25) is 4.79 Å². The second-order valence-corrected chi connectivity index (χ2v) is 17.1. The van der Waals surface area contributed by atoms with Gasteiger partial charge in [0.25, 0.3) is 8.32 Å². The van der Waals surface area contributed by atoms with Crippen molar-refractivity contribution in [1.82, 2.24) is 0 Å². The Labute approximate surface area is 262 Å². The van der Waals surface area contributed by atoms with Gasteiger partial charge in [0.1, 0.15) is 23.0 Å². The standard InChI is InChI=1S/C34H46O5Si.W/c1-21-13-26(14-22(2)31(21)37-10)17-28-19-30(36-9)20-29(33(28)39-40(11,12)34(6,7)8)18-27-15-23(3)32(24(4)16-27)38-25(5)35;/h13-16,19-20H,17-18H2,1-12H3;. The number of hydrogen-bond donors (Lipinski definition) is 0. The zero-order valence-electron chi connectivity index (χ0n) is 26.8. The van der Waals surface area contributed by atoms with Crippen molar-refractivity contribution in [3.8, 4) is 23.0 Å². The van der Waals surface area contributed by atoms with Crippen molar-refractivity contribution in [1.29, 1.82) is 0 Å². The smallest absolute Gasteiger partial charge is 0.308 e. The molecule has 0 unspecified atom stereocenters. The Balaban J connectivity index is 0.00000588. The number of carbonyl (C=O) groups is 1. The summed E-state index contributed by atoms with van der Waals surface area (Å²) in [4.78, 5) is 11.6. The minimum Gasteiger partial charge on any atom is -0.543 e. The summed E-state index contributed by atoms with van der Waals surface area (Å²) in [6, 6.07) is 12.8. The third kappa shape index (κ3) is 8.26. The van der Waals surface area contributed by atoms with Gasteiger partial charge in [-0.15, -0.1) is 0 Å². The minimum absolute atomic E-state index is 0. The average Bonchev–Trinajstić information content (AvgIpc) is 2.82. The van der Waals surface area contributed by atoms with Crippen LogP contribution in [0.5, 0.6) is 23.0 Å². The number of carbonyl (C=O) groups excluding carboxylic acids is 1. The van der Waals surface area contributed by atoms with Crippen molar-refractivity contribution in [3.05, 3.63) is 80.9 Å². The molecule has 0 aromatic heterocycles. The normalized spacial score (nSPS) is 11.5. The first kappa shape index (κ1) is 34.6. The second-order valence-electron chi connectivity index (χ2n) is 12.4. The number of rotatable bonds is 9. The van der Waals surface area contributed by atoms with Gasteiger partial charge < -0.3 is 18.6 Å². The molecule has 0 N–H and O–H groups in total. The molecule has 0 heterocycles. The number of hydrogen-bond acceptors (Lipinski definition) is 5. The van der Waals surface area contributed by atoms with Gasteiger partial charge in [0.05, 0.1) is 14.2 Å². The molecule has 0 fully saturated rings. The van der Waals surface area contributed by atoms with E-state index in [1.165, 1.54) is 12.5 Å². The number of esters is 1. The van der Waals surface area contributed by atoms with Gasteiger partial charge in [-0.2, -0.15) is 0 Å². The molecule has 5 nitrogen and oxygen atoms in total. The van der Waals surface area contributed by atoms with E-state index in [1.807, 2.05) is 13.8 Å². The van der Waals surface area contributed by atoms with Crippen LogP contribution in [0.15, 0.2) is 36.4 Å². The predicted octanol–water partition coefficient (Wildman–Crippen LogP) is 8.43. The van der Waals surface area contributed by atoms with Gasteiger partial charge in [-0.25, -0.2) is 0 Å². The van der Waals surface area contributed by atoms with E-state index in [0.29, 0.717) is 18.6 Å². The molecule has 3 aromatic carbocycles. The van der Waals surface area contributed by atoms with Gasteiger partial charge in [0.2, 0.25) is 0 Å². The van der Waals surface area contributed by atoms with Crippen LogP contribution >= 0.6 is 0 Å². The third-order valence-corrected chi connectivity index (χ3v) is 12.2. The fraction of sp³-hybridized carbons (Fsp3) is 0.441. The zero-order valence-corrected chi connectivity index (χ0v) is 30.8. The Morgan fingerprint density at radius 1 is 0.707 bits per heavy atom. The van der Waals surface area contributed by atoms with Crippen molar-refractivity contribution >= 4 is 14.3 Å². The molecule has 0 amide bonds. The SMILES string of the molecule is COc1cc(Cc2cc(C)c(OC)c(C)c2)c(O[Si](C)(C)C(C)(C)C)c(Cc2cc(C)c(OC(C)=O)c(C)c2)c1.[W]. The Kier molecular flexibility index (Phi) is 11.5. The molecule has 3 aromatic rings. The van der Waals surface area contributed by atoms with Crippen LogP contribution < -0.4 is 18.6 Å². The largest absolute Gasteiger partial charge is 0.543 e. The van der Waals surface area contributed by atoms with E-state index in [1.54, 1.807) is 14.2 Å². The maximum absolute atomic E-state index is 11.6. The maximum atomic E-state index is 11.6. The molecule has 0 aliphatic carbocycles. The topological polar surface area (TPSA) is 54.0 Å². The maximum Gasteiger partial charge on any atom is 0.308 e. The van der Waals surface area contributed by atoms with E-state index in [4.69, 9.17) is 18.6 Å². The summed E-state index contributed by atoms with van der Waals surface area (Å²) in [6.07, 6.45) is 1.38. The number of methoxy groups -OCH3 is 2. The van der Waals surface area contributed by atoms with Crippen molar-refractivity contribution in [3.63, 3.8) is 0 Å². The van der Waals surface area contributed by atoms with E-state index >= 15 is 0 Å². The Bertz CT molecular complexity index is 1360. The van der Waals surface area contributed by atoms with Crippen molar-refractivity contribution in [2.45, 2.75) is 86.4 Å². The van der Waals surface area contributed by atoms with Crippen LogP contribution in [0.2, 0.25) is 18.1 Å². The molecule has 0 aliphatic heterocycles. The first-order valence-corrected chi connectivity index (χ1v) is 16.8. The summed E-state index contributed by atoms with van der Waals surface area (Å²) in [5, 5.41) is 0.0353. The van der Waals surface area contributed by atoms with Crippen molar-refractivity contribution < 1.29 is 44.5 Å². The molecule has 222 valence electrons. The van der Waals surface area contributed by atoms with Crippen LogP contribution in [0.3, 0.4) is 0 Å². The van der Waals surface area contributed by atoms with Crippen LogP contribution in [0.4, 0.5) is 0 Å². The number of ether oxygens (including phenoxy) is 3. The van der Waals surface area contributed by atoms with Crippen molar-refractivity contribution in [2.75, 3.05) is 14.2 Å². The van der Waals surface area contributed by atoms with E-state index < -0.39 is 8.32 Å². The Morgan fingerprint density at radius 2 is 1.12 bits per heavy atom. The first-order valence-electron chi connectivity index (χ1n) is 13.9. The van der Waals surface area contributed by atoms with Crippen LogP contribution in [0.25, 0.3) is 0 Å². The van der Waals surface area contributed by atoms with Gasteiger partial charge in [0, 0.05) is 52.0 Å². The van der Waals surface area contributed by atoms with E-state index in [0.717, 1.165) is 56.2 Å². The summed E-state index contributed by atoms with van der Waals surface area (Å²) in [7, 11) is 1.25. The minimum atomic E-state index is -2.17. The summed E-state index contributed by atoms with van der Waals surface area (Å²) >= 11 is 0. The summed E-state index contributed by atoms with van der Waals surface area (Å²) in [6.45, 7) is 20.9. The average molecular weight is 747 g/mol. The molecule has 41 heavy (non-hydrogen) atoms. The monoisotopic (exact) mass is 746 g/mol. The van der Waals surface area contributed by atoms with Gasteiger partial charge >= 0.3 is 5.97 Å². The third-order valence-electron chi connectivity index (χ3n) is 7.89. The zero-order chi connectivity index (χ0) is 30.0. The van der Waals surface area contributed by atoms with E-state index in [9.17, 15) is 4.79 Å². The summed E-state index contributed by atoms with van der Waals surface area (Å²) < 4.78 is 24.0. The summed E-state index contributed by atoms with van der Waals surface area (Å²) in [5.74, 6) is 2.99. The quantitative estimate of drug-likeness (QED) is 0.125. The van der Waals surface area contributed by atoms with Gasteiger partial charge in [-0.1, -0.05) is 45.0 Å². The molecule has 0 radical (unpaired) electrons. The summed E-state index contributed by atoms with van der Waals surface area (Å²) in [5.41, 5.74) is 8.62. The number of benzene rings is 3. The fourth-order valence-electron chi connectivity index (χ4n) is 4.99. The Hall–Kier alpha value is -2.56. The van der Waals surface area contributed by atoms with Gasteiger partial charge in [0.15, 0.2) is 0 Å². The van der Waals surface area contributed by atoms with Crippen LogP contribution in [0.1, 0.15) is 72.2 Å². The molecule has 0 saturated heterocycles. The second kappa shape index (κ2) is 13.6. The van der Waals surface area contributed by atoms with Crippen LogP contribution in [-0.2, 0) is 38.7 Å². The van der Waals surface area contributed by atoms with Crippen LogP contribution in [-0.4, -0.2) is 28.5 Å². The Morgan fingerprint density at radius 3 is 1.46 bits per heavy atom. The van der Waals surface area contributed by atoms with E-state index in [2.05, 4.69) is 84.1 Å². The van der Waals surface area contributed by atoms with E-state index in [-0.39, 0.29) is 32.1 Å². The number of aryl methyl sites for hydroxylation is 4. The van der Waals surface area contributed by atoms with Crippen molar-refractivity contribution in [2.24, 2.45) is 0 Å². The molecule has 0 bridgehead atoms. The molecular weight excluding hydrogens is 700 g/mol. The molecule has 0 spiro atoms. The molecule has 0 atom stereocenters. The first-order chi connectivity index (χ1) is 18.6. The fourth-order valence-corrected chi connectivity index (χ4v) is 6.07. The molecule has 7 heteroatoms. The predicted molar refractivity (Wildman–Crippen MR) is 166 cm³/mol. The van der Waals surface area contributed by atoms with Crippen LogP contribution in [0, 0.1) is 27.7 Å². The molecule has 0 aliphatic rings. The van der Waals surface area contributed by atoms with Gasteiger partial charge in [-0.05, 0) is 91.3 Å².